The van der Waals surface area contributed by atoms with Gasteiger partial charge in [0.15, 0.2) is 0 Å². The van der Waals surface area contributed by atoms with Crippen molar-refractivity contribution in [2.75, 3.05) is 13.1 Å². The van der Waals surface area contributed by atoms with Crippen molar-refractivity contribution in [2.24, 2.45) is 0 Å². The fourth-order valence-corrected chi connectivity index (χ4v) is 2.38. The molecule has 0 bridgehead atoms. The molecule has 0 aromatic heterocycles. The summed E-state index contributed by atoms with van der Waals surface area (Å²) in [5.74, 6) is 0. The van der Waals surface area contributed by atoms with Crippen molar-refractivity contribution in [1.82, 2.24) is 5.32 Å². The summed E-state index contributed by atoms with van der Waals surface area (Å²) in [5, 5.41) is 3.40. The first kappa shape index (κ1) is 13.0. The molecule has 1 N–H and O–H groups in total. The smallest absolute Gasteiger partial charge is 0.0698 e. The van der Waals surface area contributed by atoms with Crippen molar-refractivity contribution in [1.29, 1.82) is 0 Å². The lowest BCUT2D eigenvalue weighted by Gasteiger charge is -2.44. The molecule has 0 radical (unpaired) electrons. The van der Waals surface area contributed by atoms with E-state index in [1.54, 1.807) is 0 Å². The SMILES string of the molecule is CCCC(C)OC1(CCNCC)CCC1. The van der Waals surface area contributed by atoms with Crippen molar-refractivity contribution in [3.63, 3.8) is 0 Å². The molecule has 0 aromatic rings. The molecule has 2 heteroatoms. The van der Waals surface area contributed by atoms with Gasteiger partial charge in [0.1, 0.15) is 0 Å². The second kappa shape index (κ2) is 6.49. The summed E-state index contributed by atoms with van der Waals surface area (Å²) in [6.45, 7) is 8.78. The summed E-state index contributed by atoms with van der Waals surface area (Å²) in [7, 11) is 0. The maximum Gasteiger partial charge on any atom is 0.0698 e. The summed E-state index contributed by atoms with van der Waals surface area (Å²) < 4.78 is 6.22. The van der Waals surface area contributed by atoms with Crippen molar-refractivity contribution in [3.8, 4) is 0 Å². The molecular formula is C13H27NO. The second-order valence-electron chi connectivity index (χ2n) is 4.86. The van der Waals surface area contributed by atoms with Crippen LogP contribution in [0.15, 0.2) is 0 Å². The minimum Gasteiger partial charge on any atom is -0.372 e. The summed E-state index contributed by atoms with van der Waals surface area (Å²) >= 11 is 0. The van der Waals surface area contributed by atoms with Crippen molar-refractivity contribution in [2.45, 2.75) is 71.0 Å². The lowest BCUT2D eigenvalue weighted by molar-refractivity contribution is -0.139. The van der Waals surface area contributed by atoms with Gasteiger partial charge in [0.25, 0.3) is 0 Å². The van der Waals surface area contributed by atoms with Gasteiger partial charge in [-0.2, -0.15) is 0 Å². The molecule has 1 unspecified atom stereocenters. The fraction of sp³-hybridized carbons (Fsp3) is 1.00. The zero-order chi connectivity index (χ0) is 11.1. The molecule has 2 nitrogen and oxygen atoms in total. The van der Waals surface area contributed by atoms with Gasteiger partial charge >= 0.3 is 0 Å². The van der Waals surface area contributed by atoms with Gasteiger partial charge in [-0.1, -0.05) is 20.3 Å². The van der Waals surface area contributed by atoms with E-state index < -0.39 is 0 Å². The van der Waals surface area contributed by atoms with E-state index in [4.69, 9.17) is 4.74 Å². The van der Waals surface area contributed by atoms with Crippen LogP contribution in [0.1, 0.15) is 59.3 Å². The Hall–Kier alpha value is -0.0800. The first-order valence-corrected chi connectivity index (χ1v) is 6.61. The van der Waals surface area contributed by atoms with Crippen LogP contribution >= 0.6 is 0 Å². The van der Waals surface area contributed by atoms with Crippen LogP contribution in [0.25, 0.3) is 0 Å². The highest BCUT2D eigenvalue weighted by Crippen LogP contribution is 2.39. The van der Waals surface area contributed by atoms with E-state index in [0.29, 0.717) is 6.10 Å². The number of rotatable bonds is 8. The Kier molecular flexibility index (Phi) is 5.62. The molecule has 0 saturated heterocycles. The number of hydrogen-bond donors (Lipinski definition) is 1. The van der Waals surface area contributed by atoms with E-state index >= 15 is 0 Å². The fourth-order valence-electron chi connectivity index (χ4n) is 2.38. The van der Waals surface area contributed by atoms with Crippen LogP contribution in [0.3, 0.4) is 0 Å². The summed E-state index contributed by atoms with van der Waals surface area (Å²) in [6.07, 6.45) is 7.95. The third kappa shape index (κ3) is 4.12. The monoisotopic (exact) mass is 213 g/mol. The minimum absolute atomic E-state index is 0.233. The molecule has 0 heterocycles. The topological polar surface area (TPSA) is 21.3 Å². The molecule has 1 rings (SSSR count). The molecule has 1 atom stereocenters. The summed E-state index contributed by atoms with van der Waals surface area (Å²) in [6, 6.07) is 0. The minimum atomic E-state index is 0.233. The zero-order valence-corrected chi connectivity index (χ0v) is 10.6. The molecule has 0 spiro atoms. The van der Waals surface area contributed by atoms with Gasteiger partial charge < -0.3 is 10.1 Å². The maximum absolute atomic E-state index is 6.22. The van der Waals surface area contributed by atoms with Gasteiger partial charge in [0.05, 0.1) is 11.7 Å². The van der Waals surface area contributed by atoms with E-state index in [0.717, 1.165) is 13.1 Å². The molecule has 0 amide bonds. The molecule has 15 heavy (non-hydrogen) atoms. The van der Waals surface area contributed by atoms with Crippen LogP contribution in [-0.4, -0.2) is 24.8 Å². The summed E-state index contributed by atoms with van der Waals surface area (Å²) in [4.78, 5) is 0. The Morgan fingerprint density at radius 2 is 2.07 bits per heavy atom. The number of nitrogens with one attached hydrogen (secondary N) is 1. The highest BCUT2D eigenvalue weighted by molar-refractivity contribution is 4.91. The lowest BCUT2D eigenvalue weighted by atomic mass is 9.77. The normalized spacial score (nSPS) is 21.0. The quantitative estimate of drug-likeness (QED) is 0.626. The average molecular weight is 213 g/mol. The van der Waals surface area contributed by atoms with Crippen LogP contribution in [0.4, 0.5) is 0 Å². The Morgan fingerprint density at radius 3 is 2.53 bits per heavy atom. The van der Waals surface area contributed by atoms with Gasteiger partial charge in [0.2, 0.25) is 0 Å². The van der Waals surface area contributed by atoms with Crippen molar-refractivity contribution >= 4 is 0 Å². The van der Waals surface area contributed by atoms with Gasteiger partial charge in [-0.05, 0) is 52.1 Å². The van der Waals surface area contributed by atoms with E-state index in [2.05, 4.69) is 26.1 Å². The Bertz CT molecular complexity index is 166. The number of ether oxygens (including phenoxy) is 1. The van der Waals surface area contributed by atoms with Crippen LogP contribution in [0.2, 0.25) is 0 Å². The molecule has 0 aromatic carbocycles. The van der Waals surface area contributed by atoms with E-state index in [1.807, 2.05) is 0 Å². The third-order valence-electron chi connectivity index (χ3n) is 3.42. The van der Waals surface area contributed by atoms with Gasteiger partial charge in [0, 0.05) is 0 Å². The molecular weight excluding hydrogens is 186 g/mol. The van der Waals surface area contributed by atoms with Crippen LogP contribution in [0.5, 0.6) is 0 Å². The van der Waals surface area contributed by atoms with Crippen LogP contribution in [-0.2, 0) is 4.74 Å². The number of hydrogen-bond acceptors (Lipinski definition) is 2. The molecule has 0 aliphatic heterocycles. The largest absolute Gasteiger partial charge is 0.372 e. The average Bonchev–Trinajstić information content (AvgIpc) is 2.14. The second-order valence-corrected chi connectivity index (χ2v) is 4.86. The first-order chi connectivity index (χ1) is 7.22. The van der Waals surface area contributed by atoms with Gasteiger partial charge in [-0.3, -0.25) is 0 Å². The van der Waals surface area contributed by atoms with Crippen LogP contribution in [0, 0.1) is 0 Å². The van der Waals surface area contributed by atoms with Crippen LogP contribution < -0.4 is 5.32 Å². The lowest BCUT2D eigenvalue weighted by Crippen LogP contribution is -2.44. The zero-order valence-electron chi connectivity index (χ0n) is 10.6. The Morgan fingerprint density at radius 1 is 1.33 bits per heavy atom. The molecule has 1 aliphatic carbocycles. The predicted molar refractivity (Wildman–Crippen MR) is 65.2 cm³/mol. The van der Waals surface area contributed by atoms with E-state index in [1.165, 1.54) is 38.5 Å². The molecule has 90 valence electrons. The van der Waals surface area contributed by atoms with Crippen molar-refractivity contribution in [3.05, 3.63) is 0 Å². The van der Waals surface area contributed by atoms with Gasteiger partial charge in [-0.25, -0.2) is 0 Å². The molecule has 1 fully saturated rings. The highest BCUT2D eigenvalue weighted by atomic mass is 16.5. The van der Waals surface area contributed by atoms with Crippen molar-refractivity contribution < 1.29 is 4.74 Å². The summed E-state index contributed by atoms with van der Waals surface area (Å²) in [5.41, 5.74) is 0.233. The standard InChI is InChI=1S/C13H27NO/c1-4-7-12(3)15-13(8-6-9-13)10-11-14-5-2/h12,14H,4-11H2,1-3H3. The maximum atomic E-state index is 6.22. The highest BCUT2D eigenvalue weighted by Gasteiger charge is 2.38. The van der Waals surface area contributed by atoms with E-state index in [-0.39, 0.29) is 5.60 Å². The first-order valence-electron chi connectivity index (χ1n) is 6.61. The predicted octanol–water partition coefficient (Wildman–Crippen LogP) is 3.11. The molecule has 1 aliphatic rings. The van der Waals surface area contributed by atoms with Gasteiger partial charge in [-0.15, -0.1) is 0 Å². The Labute approximate surface area is 94.8 Å². The molecule has 1 saturated carbocycles. The van der Waals surface area contributed by atoms with E-state index in [9.17, 15) is 0 Å². The Balaban J connectivity index is 2.25. The third-order valence-corrected chi connectivity index (χ3v) is 3.42.